The zero-order valence-electron chi connectivity index (χ0n) is 10.3. The molecule has 0 aliphatic carbocycles. The molecule has 3 rings (SSSR count). The highest BCUT2D eigenvalue weighted by Gasteiger charge is 2.28. The lowest BCUT2D eigenvalue weighted by Gasteiger charge is -2.14. The Kier molecular flexibility index (Phi) is 3.68. The topological polar surface area (TPSA) is 22.1 Å². The average Bonchev–Trinajstić information content (AvgIpc) is 2.94. The molecular formula is C14H16BrNOS. The number of hydrogen-bond acceptors (Lipinski definition) is 3. The largest absolute Gasteiger partial charge is 0.378 e. The van der Waals surface area contributed by atoms with Crippen LogP contribution in [0.5, 0.6) is 0 Å². The number of para-hydroxylation sites is 1. The summed E-state index contributed by atoms with van der Waals surface area (Å²) in [7, 11) is 0. The van der Waals surface area contributed by atoms with Gasteiger partial charge in [-0.3, -0.25) is 0 Å². The Labute approximate surface area is 120 Å². The van der Waals surface area contributed by atoms with Crippen LogP contribution in [0.2, 0.25) is 0 Å². The van der Waals surface area contributed by atoms with Gasteiger partial charge in [-0.2, -0.15) is 0 Å². The lowest BCUT2D eigenvalue weighted by molar-refractivity contribution is 0.120. The van der Waals surface area contributed by atoms with Crippen LogP contribution in [0.25, 0.3) is 10.2 Å². The quantitative estimate of drug-likeness (QED) is 0.795. The van der Waals surface area contributed by atoms with Gasteiger partial charge in [0.05, 0.1) is 27.9 Å². The van der Waals surface area contributed by atoms with Crippen LogP contribution in [0.15, 0.2) is 24.3 Å². The van der Waals surface area contributed by atoms with Crippen molar-refractivity contribution in [3.8, 4) is 0 Å². The van der Waals surface area contributed by atoms with Gasteiger partial charge in [0, 0.05) is 11.2 Å². The van der Waals surface area contributed by atoms with E-state index in [9.17, 15) is 0 Å². The van der Waals surface area contributed by atoms with Gasteiger partial charge in [0.2, 0.25) is 0 Å². The SMILES string of the molecule is CC1CC(C(Br)Cc2nc3ccccc3s2)CO1. The van der Waals surface area contributed by atoms with E-state index in [-0.39, 0.29) is 0 Å². The third kappa shape index (κ3) is 2.60. The maximum absolute atomic E-state index is 5.64. The Morgan fingerprint density at radius 2 is 2.33 bits per heavy atom. The van der Waals surface area contributed by atoms with Crippen LogP contribution < -0.4 is 0 Å². The Hall–Kier alpha value is -0.450. The van der Waals surface area contributed by atoms with Crippen molar-refractivity contribution in [2.45, 2.75) is 30.7 Å². The van der Waals surface area contributed by atoms with Crippen molar-refractivity contribution in [2.75, 3.05) is 6.61 Å². The fourth-order valence-electron chi connectivity index (χ4n) is 2.44. The number of alkyl halides is 1. The summed E-state index contributed by atoms with van der Waals surface area (Å²) >= 11 is 5.62. The average molecular weight is 326 g/mol. The van der Waals surface area contributed by atoms with Crippen LogP contribution in [-0.4, -0.2) is 22.5 Å². The van der Waals surface area contributed by atoms with E-state index in [1.165, 1.54) is 9.71 Å². The maximum Gasteiger partial charge on any atom is 0.0949 e. The predicted octanol–water partition coefficient (Wildman–Crippen LogP) is 4.03. The molecule has 0 N–H and O–H groups in total. The number of aromatic nitrogens is 1. The van der Waals surface area contributed by atoms with Gasteiger partial charge >= 0.3 is 0 Å². The number of rotatable bonds is 3. The maximum atomic E-state index is 5.64. The van der Waals surface area contributed by atoms with Gasteiger partial charge in [0.15, 0.2) is 0 Å². The standard InChI is InChI=1S/C14H16BrNOS/c1-9-6-10(8-17-9)11(15)7-14-16-12-4-2-3-5-13(12)18-14/h2-5,9-11H,6-8H2,1H3. The van der Waals surface area contributed by atoms with E-state index in [0.717, 1.165) is 25.0 Å². The van der Waals surface area contributed by atoms with Crippen LogP contribution >= 0.6 is 27.3 Å². The van der Waals surface area contributed by atoms with Crippen LogP contribution in [-0.2, 0) is 11.2 Å². The molecule has 1 aromatic heterocycles. The fraction of sp³-hybridized carbons (Fsp3) is 0.500. The number of halogens is 1. The Morgan fingerprint density at radius 3 is 3.06 bits per heavy atom. The molecule has 0 amide bonds. The second-order valence-corrected chi connectivity index (χ2v) is 7.23. The Bertz CT molecular complexity index is 508. The van der Waals surface area contributed by atoms with E-state index >= 15 is 0 Å². The molecule has 3 unspecified atom stereocenters. The summed E-state index contributed by atoms with van der Waals surface area (Å²) in [4.78, 5) is 5.17. The molecule has 1 aromatic carbocycles. The smallest absolute Gasteiger partial charge is 0.0949 e. The molecule has 0 spiro atoms. The second-order valence-electron chi connectivity index (χ2n) is 4.94. The van der Waals surface area contributed by atoms with Crippen molar-refractivity contribution in [1.29, 1.82) is 0 Å². The molecule has 1 aliphatic rings. The van der Waals surface area contributed by atoms with E-state index in [1.54, 1.807) is 11.3 Å². The summed E-state index contributed by atoms with van der Waals surface area (Å²) in [6.45, 7) is 3.03. The number of ether oxygens (including phenoxy) is 1. The minimum atomic E-state index is 0.408. The lowest BCUT2D eigenvalue weighted by Crippen LogP contribution is -2.17. The van der Waals surface area contributed by atoms with Crippen molar-refractivity contribution in [3.63, 3.8) is 0 Å². The first-order valence-corrected chi connectivity index (χ1v) is 8.05. The van der Waals surface area contributed by atoms with E-state index in [0.29, 0.717) is 16.8 Å². The Morgan fingerprint density at radius 1 is 1.50 bits per heavy atom. The van der Waals surface area contributed by atoms with Gasteiger partial charge in [-0.05, 0) is 31.4 Å². The number of benzene rings is 1. The monoisotopic (exact) mass is 325 g/mol. The van der Waals surface area contributed by atoms with E-state index in [1.807, 2.05) is 6.07 Å². The zero-order chi connectivity index (χ0) is 12.5. The van der Waals surface area contributed by atoms with Crippen molar-refractivity contribution >= 4 is 37.5 Å². The molecule has 18 heavy (non-hydrogen) atoms. The summed E-state index contributed by atoms with van der Waals surface area (Å²) in [5.41, 5.74) is 1.12. The van der Waals surface area contributed by atoms with E-state index in [4.69, 9.17) is 9.72 Å². The molecule has 0 saturated carbocycles. The number of fused-ring (bicyclic) bond motifs is 1. The van der Waals surface area contributed by atoms with Crippen LogP contribution in [0, 0.1) is 5.92 Å². The van der Waals surface area contributed by atoms with Gasteiger partial charge in [-0.15, -0.1) is 11.3 Å². The summed E-state index contributed by atoms with van der Waals surface area (Å²) in [5, 5.41) is 1.22. The van der Waals surface area contributed by atoms with E-state index < -0.39 is 0 Å². The van der Waals surface area contributed by atoms with Crippen molar-refractivity contribution < 1.29 is 4.74 Å². The first-order valence-electron chi connectivity index (χ1n) is 6.32. The molecule has 0 radical (unpaired) electrons. The fourth-order valence-corrected chi connectivity index (χ4v) is 4.36. The highest BCUT2D eigenvalue weighted by molar-refractivity contribution is 9.09. The zero-order valence-corrected chi connectivity index (χ0v) is 12.7. The van der Waals surface area contributed by atoms with Crippen molar-refractivity contribution in [3.05, 3.63) is 29.3 Å². The molecule has 0 bridgehead atoms. The van der Waals surface area contributed by atoms with Crippen molar-refractivity contribution in [2.24, 2.45) is 5.92 Å². The first-order chi connectivity index (χ1) is 8.72. The van der Waals surface area contributed by atoms with Crippen molar-refractivity contribution in [1.82, 2.24) is 4.98 Å². The molecule has 4 heteroatoms. The summed E-state index contributed by atoms with van der Waals surface area (Å²) < 4.78 is 6.92. The van der Waals surface area contributed by atoms with Gasteiger partial charge in [-0.1, -0.05) is 28.1 Å². The Balaban J connectivity index is 1.71. The van der Waals surface area contributed by atoms with Gasteiger partial charge in [-0.25, -0.2) is 4.98 Å². The predicted molar refractivity (Wildman–Crippen MR) is 79.6 cm³/mol. The summed E-state index contributed by atoms with van der Waals surface area (Å²) in [5.74, 6) is 0.618. The van der Waals surface area contributed by atoms with Crippen LogP contribution in [0.3, 0.4) is 0 Å². The van der Waals surface area contributed by atoms with Crippen LogP contribution in [0.4, 0.5) is 0 Å². The molecule has 3 atom stereocenters. The minimum Gasteiger partial charge on any atom is -0.378 e. The highest BCUT2D eigenvalue weighted by atomic mass is 79.9. The third-order valence-electron chi connectivity index (χ3n) is 3.45. The highest BCUT2D eigenvalue weighted by Crippen LogP contribution is 2.31. The second kappa shape index (κ2) is 5.27. The molecule has 1 fully saturated rings. The molecule has 1 saturated heterocycles. The molecule has 96 valence electrons. The lowest BCUT2D eigenvalue weighted by atomic mass is 10.0. The summed E-state index contributed by atoms with van der Waals surface area (Å²) in [6, 6.07) is 8.34. The molecule has 1 aliphatic heterocycles. The molecule has 2 heterocycles. The summed E-state index contributed by atoms with van der Waals surface area (Å²) in [6.07, 6.45) is 2.56. The third-order valence-corrected chi connectivity index (χ3v) is 5.58. The van der Waals surface area contributed by atoms with Gasteiger partial charge in [0.1, 0.15) is 0 Å². The van der Waals surface area contributed by atoms with Crippen LogP contribution in [0.1, 0.15) is 18.4 Å². The number of nitrogens with zero attached hydrogens (tertiary/aromatic N) is 1. The number of thiazole rings is 1. The minimum absolute atomic E-state index is 0.408. The molecule has 2 aromatic rings. The van der Waals surface area contributed by atoms with E-state index in [2.05, 4.69) is 41.1 Å². The molecular weight excluding hydrogens is 310 g/mol. The van der Waals surface area contributed by atoms with Gasteiger partial charge in [0.25, 0.3) is 0 Å². The molecule has 2 nitrogen and oxygen atoms in total. The normalized spacial score (nSPS) is 25.7. The number of hydrogen-bond donors (Lipinski definition) is 0. The van der Waals surface area contributed by atoms with Gasteiger partial charge < -0.3 is 4.74 Å². The first kappa shape index (κ1) is 12.6.